The Morgan fingerprint density at radius 3 is 1.41 bits per heavy atom. The van der Waals surface area contributed by atoms with E-state index in [0.29, 0.717) is 93.6 Å². The maximum absolute atomic E-state index is 14.6. The number of nitrogens with zero attached hydrogens (tertiary/aromatic N) is 8. The number of hydrogen-bond acceptors (Lipinski definition) is 6. The molecule has 0 bridgehead atoms. The fourth-order valence-electron chi connectivity index (χ4n) is 12.7. The molecule has 0 amide bonds. The third kappa shape index (κ3) is 10.9. The molecule has 0 saturated heterocycles. The second-order valence-corrected chi connectivity index (χ2v) is 23.4. The van der Waals surface area contributed by atoms with Gasteiger partial charge in [0.2, 0.25) is 28.5 Å². The Kier molecular flexibility index (Phi) is 16.2. The smallest absolute Gasteiger partial charge is 0.243 e. The summed E-state index contributed by atoms with van der Waals surface area (Å²) in [5, 5.41) is 22.6. The molecule has 16 rings (SSSR count). The van der Waals surface area contributed by atoms with E-state index in [4.69, 9.17) is 36.1 Å². The molecule has 0 spiro atoms. The number of halogens is 4. The lowest BCUT2D eigenvalue weighted by atomic mass is 9.99. The van der Waals surface area contributed by atoms with Crippen molar-refractivity contribution in [1.29, 1.82) is 10.5 Å². The summed E-state index contributed by atoms with van der Waals surface area (Å²) < 4.78 is 89.0. The molecule has 16 aromatic rings. The zero-order valence-corrected chi connectivity index (χ0v) is 53.2. The van der Waals surface area contributed by atoms with E-state index in [9.17, 15) is 22.8 Å². The van der Waals surface area contributed by atoms with Gasteiger partial charge in [-0.25, -0.2) is 45.5 Å². The molecular weight excluding hydrogens is 1210 g/mol. The van der Waals surface area contributed by atoms with Crippen LogP contribution >= 0.6 is 0 Å². The van der Waals surface area contributed by atoms with Crippen LogP contribution in [-0.4, -0.2) is 0 Å². The van der Waals surface area contributed by atoms with Crippen LogP contribution in [0.1, 0.15) is 33.4 Å². The predicted molar refractivity (Wildman–Crippen MR) is 362 cm³/mol. The molecule has 0 atom stereocenters. The van der Waals surface area contributed by atoms with E-state index in [0.717, 1.165) is 72.7 Å². The number of hydrogen-bond donors (Lipinski definition) is 0. The Labute approximate surface area is 547 Å². The molecule has 0 fully saturated rings. The zero-order valence-electron chi connectivity index (χ0n) is 53.2. The summed E-state index contributed by atoms with van der Waals surface area (Å²) in [5.41, 5.74) is 16.9. The summed E-state index contributed by atoms with van der Waals surface area (Å²) in [4.78, 5) is 7.02. The van der Waals surface area contributed by atoms with Gasteiger partial charge in [0, 0.05) is 75.6 Å². The van der Waals surface area contributed by atoms with Gasteiger partial charge in [0.25, 0.3) is 0 Å². The minimum atomic E-state index is -0.522. The molecule has 0 saturated carbocycles. The first-order chi connectivity index (χ1) is 46.4. The normalized spacial score (nSPS) is 11.1. The number of furan rings is 4. The molecule has 0 aliphatic heterocycles. The van der Waals surface area contributed by atoms with E-state index in [1.165, 1.54) is 30.3 Å². The summed E-state index contributed by atoms with van der Waals surface area (Å²) in [6, 6.07) is 54.7. The SMILES string of the molecule is Cc1cc2c(cc1-c1cccc[n+]1C)oc1ccc(C#N)c(F)c12.Cc1cc2oc3c(C#N)ccc(F)c3c2cc1-c1cccc[n+]1C.[C-]#[N+]c1c(-c2cccc[n+]2C)c(C)cc2c1oc1cccc(F)c12.[C-]#[N+]c1cc(F)c2c(c1)oc1cc(-c3cccc[n+]3C)c(C)cc12. The Hall–Kier alpha value is -12.8. The predicted octanol–water partition coefficient (Wildman–Crippen LogP) is 18.9. The quantitative estimate of drug-likeness (QED) is 0.0982. The van der Waals surface area contributed by atoms with Gasteiger partial charge in [0.1, 0.15) is 96.9 Å². The van der Waals surface area contributed by atoms with Crippen molar-refractivity contribution in [3.8, 4) is 57.2 Å². The van der Waals surface area contributed by atoms with Crippen LogP contribution in [0.15, 0.2) is 212 Å². The lowest BCUT2D eigenvalue weighted by Gasteiger charge is -2.07. The van der Waals surface area contributed by atoms with Crippen molar-refractivity contribution in [3.63, 3.8) is 0 Å². The summed E-state index contributed by atoms with van der Waals surface area (Å²) >= 11 is 0. The number of nitriles is 2. The maximum atomic E-state index is 14.6. The summed E-state index contributed by atoms with van der Waals surface area (Å²) in [7, 11) is 7.88. The van der Waals surface area contributed by atoms with Crippen molar-refractivity contribution in [1.82, 2.24) is 0 Å². The molecule has 8 heterocycles. The van der Waals surface area contributed by atoms with E-state index in [-0.39, 0.29) is 22.9 Å². The van der Waals surface area contributed by atoms with Gasteiger partial charge in [-0.2, -0.15) is 10.5 Å². The topological polar surface area (TPSA) is 124 Å². The van der Waals surface area contributed by atoms with Gasteiger partial charge in [-0.3, -0.25) is 0 Å². The molecule has 12 nitrogen and oxygen atoms in total. The fourth-order valence-corrected chi connectivity index (χ4v) is 12.7. The number of aromatic nitrogens is 4. The second-order valence-electron chi connectivity index (χ2n) is 23.4. The molecule has 16 heteroatoms. The highest BCUT2D eigenvalue weighted by Gasteiger charge is 2.26. The first-order valence-electron chi connectivity index (χ1n) is 30.4. The van der Waals surface area contributed by atoms with Crippen molar-refractivity contribution < 1.29 is 53.5 Å². The first kappa shape index (κ1) is 62.1. The summed E-state index contributed by atoms with van der Waals surface area (Å²) in [5.74, 6) is -1.66. The molecule has 8 aromatic heterocycles. The molecule has 0 radical (unpaired) electrons. The fraction of sp³-hybridized carbons (Fsp3) is 0.100. The minimum absolute atomic E-state index is 0.0291. The van der Waals surface area contributed by atoms with Gasteiger partial charge >= 0.3 is 0 Å². The number of benzene rings is 8. The van der Waals surface area contributed by atoms with Crippen molar-refractivity contribution in [2.45, 2.75) is 27.7 Å². The molecular formula is C80H56F4N8O4+4. The third-order valence-corrected chi connectivity index (χ3v) is 17.4. The van der Waals surface area contributed by atoms with E-state index in [1.807, 2.05) is 220 Å². The lowest BCUT2D eigenvalue weighted by molar-refractivity contribution is -0.660. The molecule has 0 aliphatic carbocycles. The van der Waals surface area contributed by atoms with Crippen molar-refractivity contribution in [3.05, 3.63) is 274 Å². The van der Waals surface area contributed by atoms with Crippen molar-refractivity contribution in [2.75, 3.05) is 0 Å². The Bertz CT molecular complexity index is 6040. The number of pyridine rings is 4. The van der Waals surface area contributed by atoms with Gasteiger partial charge in [0.15, 0.2) is 41.9 Å². The third-order valence-electron chi connectivity index (χ3n) is 17.4. The van der Waals surface area contributed by atoms with Crippen LogP contribution in [0, 0.1) is 86.8 Å². The Balaban J connectivity index is 0.000000116. The van der Waals surface area contributed by atoms with Gasteiger partial charge in [0.05, 0.1) is 62.5 Å². The van der Waals surface area contributed by atoms with Crippen LogP contribution in [0.5, 0.6) is 0 Å². The molecule has 0 aliphatic rings. The van der Waals surface area contributed by atoms with Gasteiger partial charge < -0.3 is 17.7 Å². The zero-order chi connectivity index (χ0) is 67.4. The minimum Gasteiger partial charge on any atom is -0.467 e. The second kappa shape index (κ2) is 25.0. The summed E-state index contributed by atoms with van der Waals surface area (Å²) in [6.45, 7) is 22.7. The van der Waals surface area contributed by atoms with Crippen LogP contribution in [0.25, 0.3) is 142 Å². The first-order valence-corrected chi connectivity index (χ1v) is 30.4. The van der Waals surface area contributed by atoms with Crippen LogP contribution in [0.4, 0.5) is 28.9 Å². The van der Waals surface area contributed by atoms with E-state index >= 15 is 0 Å². The van der Waals surface area contributed by atoms with Crippen LogP contribution in [-0.2, 0) is 28.2 Å². The highest BCUT2D eigenvalue weighted by molar-refractivity contribution is 6.13. The van der Waals surface area contributed by atoms with Crippen LogP contribution < -0.4 is 18.3 Å². The highest BCUT2D eigenvalue weighted by atomic mass is 19.1. The molecule has 0 N–H and O–H groups in total. The maximum Gasteiger partial charge on any atom is 0.243 e. The van der Waals surface area contributed by atoms with Gasteiger partial charge in [-0.1, -0.05) is 6.07 Å². The van der Waals surface area contributed by atoms with E-state index in [1.54, 1.807) is 24.3 Å². The largest absolute Gasteiger partial charge is 0.467 e. The average Bonchev–Trinajstić information content (AvgIpc) is 1.58. The average molecular weight is 1270 g/mol. The Morgan fingerprint density at radius 2 is 0.844 bits per heavy atom. The molecule has 8 aromatic carbocycles. The summed E-state index contributed by atoms with van der Waals surface area (Å²) in [6.07, 6.45) is 7.88. The van der Waals surface area contributed by atoms with E-state index in [2.05, 4.69) is 15.8 Å². The number of fused-ring (bicyclic) bond motifs is 12. The van der Waals surface area contributed by atoms with Crippen molar-refractivity contribution in [2.24, 2.45) is 28.2 Å². The van der Waals surface area contributed by atoms with Crippen LogP contribution in [0.3, 0.4) is 0 Å². The number of rotatable bonds is 4. The molecule has 0 unspecified atom stereocenters. The standard InChI is InChI=1S/4C20H14FN2O/c1-12-11-13-18-14(21)7-6-9-16(18)24-20(13)19(22-2)17(12)15-8-4-5-10-23(15)3;1-12-8-15-18(11-14(12)17-6-4-5-7-23(17)3)24-19-10-13(22-2)9-16(21)20(15)19;1-12-9-18-15(10-14(12)17-5-3-4-8-23(17)2)19-16(21)7-6-13(11-22)20(19)24-18;1-12-9-15-18(10-14(12)16-5-3-4-8-23(16)2)24-17-7-6-13(11-22)20(21)19(15)17/h2*4-11H,1,3H3;2*3-10H,1-2H3/q4*+1. The van der Waals surface area contributed by atoms with Crippen LogP contribution in [0.2, 0.25) is 0 Å². The highest BCUT2D eigenvalue weighted by Crippen LogP contribution is 2.45. The molecule has 464 valence electrons. The van der Waals surface area contributed by atoms with Crippen molar-refractivity contribution >= 4 is 99.1 Å². The van der Waals surface area contributed by atoms with Gasteiger partial charge in [-0.05, 0) is 165 Å². The van der Waals surface area contributed by atoms with E-state index < -0.39 is 11.6 Å². The lowest BCUT2D eigenvalue weighted by Crippen LogP contribution is -2.30. The Morgan fingerprint density at radius 1 is 0.375 bits per heavy atom. The van der Waals surface area contributed by atoms with Gasteiger partial charge in [-0.15, -0.1) is 0 Å². The monoisotopic (exact) mass is 1270 g/mol. The molecule has 96 heavy (non-hydrogen) atoms. The number of aryl methyl sites for hydroxylation is 8.